The van der Waals surface area contributed by atoms with Crippen LogP contribution in [0.25, 0.3) is 11.3 Å². The lowest BCUT2D eigenvalue weighted by molar-refractivity contribution is 0.272. The van der Waals surface area contributed by atoms with E-state index >= 15 is 0 Å². The topological polar surface area (TPSA) is 84.4 Å². The fourth-order valence-corrected chi connectivity index (χ4v) is 5.06. The molecular formula is C26H31ClN4O3S. The molecule has 4 rings (SSSR count). The van der Waals surface area contributed by atoms with E-state index in [9.17, 15) is 8.42 Å². The Hall–Kier alpha value is -2.84. The molecule has 0 unspecified atom stereocenters. The van der Waals surface area contributed by atoms with E-state index in [1.807, 2.05) is 30.3 Å². The van der Waals surface area contributed by atoms with E-state index in [1.165, 1.54) is 12.1 Å². The molecule has 7 nitrogen and oxygen atoms in total. The number of rotatable bonds is 8. The van der Waals surface area contributed by atoms with Gasteiger partial charge in [-0.1, -0.05) is 50.6 Å². The first-order chi connectivity index (χ1) is 16.7. The van der Waals surface area contributed by atoms with E-state index in [4.69, 9.17) is 16.3 Å². The molecule has 1 aromatic carbocycles. The van der Waals surface area contributed by atoms with Crippen molar-refractivity contribution in [2.75, 3.05) is 29.3 Å². The van der Waals surface area contributed by atoms with Crippen molar-refractivity contribution in [3.8, 4) is 17.0 Å². The maximum atomic E-state index is 13.2. The molecule has 1 aliphatic rings. The summed E-state index contributed by atoms with van der Waals surface area (Å²) in [5.74, 6) is 2.48. The van der Waals surface area contributed by atoms with Crippen LogP contribution in [0, 0.1) is 11.8 Å². The maximum Gasteiger partial charge on any atom is 0.280 e. The Morgan fingerprint density at radius 2 is 1.80 bits per heavy atom. The van der Waals surface area contributed by atoms with Crippen molar-refractivity contribution in [2.45, 2.75) is 38.6 Å². The Balaban J connectivity index is 1.59. The van der Waals surface area contributed by atoms with Crippen LogP contribution in [0.4, 0.5) is 11.6 Å². The van der Waals surface area contributed by atoms with Gasteiger partial charge in [0.15, 0.2) is 5.03 Å². The van der Waals surface area contributed by atoms with Crippen molar-refractivity contribution < 1.29 is 13.2 Å². The van der Waals surface area contributed by atoms with Gasteiger partial charge in [0.25, 0.3) is 10.0 Å². The minimum Gasteiger partial charge on any atom is -0.493 e. The Bertz CT molecular complexity index is 1280. The van der Waals surface area contributed by atoms with Gasteiger partial charge in [-0.15, -0.1) is 0 Å². The summed E-state index contributed by atoms with van der Waals surface area (Å²) < 4.78 is 34.9. The summed E-state index contributed by atoms with van der Waals surface area (Å²) in [7, 11) is -3.95. The number of aromatic nitrogens is 2. The number of nitrogens with one attached hydrogen (secondary N) is 1. The van der Waals surface area contributed by atoms with Crippen LogP contribution in [0.5, 0.6) is 5.75 Å². The minimum absolute atomic E-state index is 0.0485. The van der Waals surface area contributed by atoms with E-state index in [2.05, 4.69) is 40.4 Å². The molecule has 186 valence electrons. The highest BCUT2D eigenvalue weighted by molar-refractivity contribution is 7.92. The molecule has 0 spiro atoms. The molecule has 0 saturated carbocycles. The van der Waals surface area contributed by atoms with Crippen LogP contribution >= 0.6 is 11.6 Å². The van der Waals surface area contributed by atoms with Gasteiger partial charge < -0.3 is 9.64 Å². The lowest BCUT2D eigenvalue weighted by Gasteiger charge is -2.31. The fourth-order valence-electron chi connectivity index (χ4n) is 3.89. The molecule has 3 heterocycles. The highest BCUT2D eigenvalue weighted by Crippen LogP contribution is 2.35. The number of hydrogen-bond donors (Lipinski definition) is 1. The van der Waals surface area contributed by atoms with Crippen LogP contribution in [0.3, 0.4) is 0 Å². The summed E-state index contributed by atoms with van der Waals surface area (Å²) in [6.07, 6.45) is 2.13. The second-order valence-electron chi connectivity index (χ2n) is 9.34. The lowest BCUT2D eigenvalue weighted by Crippen LogP contribution is -2.33. The summed E-state index contributed by atoms with van der Waals surface area (Å²) in [6.45, 7) is 8.64. The standard InChI is InChI=1S/C26H31ClN4O3S/c1-18(2)17-34-22-8-5-4-7-20(22)26-21(27)11-12-23(28-26)30-35(32,33)25-10-6-9-24(29-25)31-15-13-19(3)14-16-31/h4-12,18-19H,13-17H2,1-3H3,(H,28,30). The smallest absolute Gasteiger partial charge is 0.280 e. The van der Waals surface area contributed by atoms with Crippen LogP contribution in [0.1, 0.15) is 33.6 Å². The normalized spacial score (nSPS) is 14.8. The van der Waals surface area contributed by atoms with Crippen LogP contribution in [0.15, 0.2) is 59.6 Å². The molecule has 1 fully saturated rings. The van der Waals surface area contributed by atoms with Gasteiger partial charge in [-0.25, -0.2) is 9.97 Å². The molecule has 3 aromatic rings. The van der Waals surface area contributed by atoms with Gasteiger partial charge in [0.05, 0.1) is 17.3 Å². The van der Waals surface area contributed by atoms with Crippen molar-refractivity contribution >= 4 is 33.3 Å². The van der Waals surface area contributed by atoms with Crippen molar-refractivity contribution in [1.29, 1.82) is 0 Å². The van der Waals surface area contributed by atoms with Gasteiger partial charge in [-0.3, -0.25) is 4.72 Å². The molecule has 0 atom stereocenters. The number of ether oxygens (including phenoxy) is 1. The Labute approximate surface area is 212 Å². The molecular weight excluding hydrogens is 484 g/mol. The molecule has 1 N–H and O–H groups in total. The maximum absolute atomic E-state index is 13.2. The third-order valence-corrected chi connectivity index (χ3v) is 7.45. The first-order valence-corrected chi connectivity index (χ1v) is 13.7. The number of anilines is 2. The predicted molar refractivity (Wildman–Crippen MR) is 141 cm³/mol. The monoisotopic (exact) mass is 514 g/mol. The fraction of sp³-hybridized carbons (Fsp3) is 0.385. The minimum atomic E-state index is -3.95. The average Bonchev–Trinajstić information content (AvgIpc) is 2.84. The predicted octanol–water partition coefficient (Wildman–Crippen LogP) is 5.87. The quantitative estimate of drug-likeness (QED) is 0.404. The highest BCUT2D eigenvalue weighted by atomic mass is 35.5. The second-order valence-corrected chi connectivity index (χ2v) is 11.4. The van der Waals surface area contributed by atoms with E-state index in [1.54, 1.807) is 12.1 Å². The molecule has 1 saturated heterocycles. The number of hydrogen-bond acceptors (Lipinski definition) is 6. The number of para-hydroxylation sites is 1. The van der Waals surface area contributed by atoms with Crippen LogP contribution in [-0.4, -0.2) is 38.1 Å². The third-order valence-electron chi connectivity index (χ3n) is 5.89. The number of halogens is 1. The van der Waals surface area contributed by atoms with Gasteiger partial charge in [0.1, 0.15) is 17.4 Å². The number of pyridine rings is 2. The molecule has 1 aliphatic heterocycles. The van der Waals surface area contributed by atoms with E-state index in [0.717, 1.165) is 25.9 Å². The van der Waals surface area contributed by atoms with Crippen LogP contribution in [-0.2, 0) is 10.0 Å². The zero-order valence-corrected chi connectivity index (χ0v) is 21.8. The third kappa shape index (κ3) is 6.24. The summed E-state index contributed by atoms with van der Waals surface area (Å²) in [4.78, 5) is 11.1. The molecule has 0 aliphatic carbocycles. The molecule has 0 radical (unpaired) electrons. The summed E-state index contributed by atoms with van der Waals surface area (Å²) >= 11 is 6.46. The summed E-state index contributed by atoms with van der Waals surface area (Å²) in [5, 5.41) is 0.348. The summed E-state index contributed by atoms with van der Waals surface area (Å²) in [5.41, 5.74) is 1.13. The zero-order valence-electron chi connectivity index (χ0n) is 20.2. The largest absolute Gasteiger partial charge is 0.493 e. The van der Waals surface area contributed by atoms with Crippen molar-refractivity contribution in [3.05, 3.63) is 59.6 Å². The van der Waals surface area contributed by atoms with Gasteiger partial charge >= 0.3 is 0 Å². The zero-order chi connectivity index (χ0) is 25.0. The SMILES string of the molecule is CC(C)COc1ccccc1-c1nc(NS(=O)(=O)c2cccc(N3CCC(C)CC3)n2)ccc1Cl. The van der Waals surface area contributed by atoms with Crippen LogP contribution in [0.2, 0.25) is 5.02 Å². The number of piperidine rings is 1. The highest BCUT2D eigenvalue weighted by Gasteiger charge is 2.22. The van der Waals surface area contributed by atoms with Crippen molar-refractivity contribution in [2.24, 2.45) is 11.8 Å². The lowest BCUT2D eigenvalue weighted by atomic mass is 9.99. The average molecular weight is 515 g/mol. The number of benzene rings is 1. The number of nitrogens with zero attached hydrogens (tertiary/aromatic N) is 3. The second kappa shape index (κ2) is 10.8. The van der Waals surface area contributed by atoms with E-state index < -0.39 is 10.0 Å². The Kier molecular flexibility index (Phi) is 7.82. The van der Waals surface area contributed by atoms with Gasteiger partial charge in [0, 0.05) is 18.7 Å². The summed E-state index contributed by atoms with van der Waals surface area (Å²) in [6, 6.07) is 15.7. The first kappa shape index (κ1) is 25.3. The first-order valence-electron chi connectivity index (χ1n) is 11.9. The van der Waals surface area contributed by atoms with Gasteiger partial charge in [0.2, 0.25) is 0 Å². The molecule has 0 bridgehead atoms. The molecule has 0 amide bonds. The molecule has 35 heavy (non-hydrogen) atoms. The van der Waals surface area contributed by atoms with Gasteiger partial charge in [-0.2, -0.15) is 8.42 Å². The Morgan fingerprint density at radius 3 is 2.54 bits per heavy atom. The van der Waals surface area contributed by atoms with E-state index in [-0.39, 0.29) is 10.8 Å². The number of sulfonamides is 1. The van der Waals surface area contributed by atoms with Crippen molar-refractivity contribution in [1.82, 2.24) is 9.97 Å². The van der Waals surface area contributed by atoms with Crippen molar-refractivity contribution in [3.63, 3.8) is 0 Å². The van der Waals surface area contributed by atoms with E-state index in [0.29, 0.717) is 46.3 Å². The Morgan fingerprint density at radius 1 is 1.06 bits per heavy atom. The molecule has 9 heteroatoms. The van der Waals surface area contributed by atoms with Crippen LogP contribution < -0.4 is 14.4 Å². The molecule has 2 aromatic heterocycles. The van der Waals surface area contributed by atoms with Gasteiger partial charge in [-0.05, 0) is 61.1 Å².